The van der Waals surface area contributed by atoms with Gasteiger partial charge in [0.1, 0.15) is 0 Å². The number of nitrogens with one attached hydrogen (secondary N) is 1. The predicted octanol–water partition coefficient (Wildman–Crippen LogP) is 3.44. The Hall–Kier alpha value is -2.09. The third kappa shape index (κ3) is 1.10. The average molecular weight is 209 g/mol. The summed E-state index contributed by atoms with van der Waals surface area (Å²) in [6.07, 6.45) is 0.920. The van der Waals surface area contributed by atoms with Gasteiger partial charge in [-0.05, 0) is 12.3 Å². The van der Waals surface area contributed by atoms with Crippen molar-refractivity contribution < 1.29 is 4.79 Å². The van der Waals surface area contributed by atoms with Crippen LogP contribution in [0, 0.1) is 6.92 Å². The molecule has 16 heavy (non-hydrogen) atoms. The van der Waals surface area contributed by atoms with Crippen molar-refractivity contribution in [2.45, 2.75) is 6.92 Å². The fraction of sp³-hybridized carbons (Fsp3) is 0.0714. The Morgan fingerprint density at radius 2 is 1.88 bits per heavy atom. The van der Waals surface area contributed by atoms with Crippen LogP contribution in [0.25, 0.3) is 21.7 Å². The van der Waals surface area contributed by atoms with Gasteiger partial charge >= 0.3 is 0 Å². The molecule has 78 valence electrons. The maximum atomic E-state index is 11.0. The van der Waals surface area contributed by atoms with Crippen LogP contribution in [-0.2, 0) is 0 Å². The number of aromatic amines is 1. The second-order valence-electron chi connectivity index (χ2n) is 3.99. The first-order valence-electron chi connectivity index (χ1n) is 5.26. The van der Waals surface area contributed by atoms with Crippen LogP contribution in [0.1, 0.15) is 16.1 Å². The maximum Gasteiger partial charge on any atom is 0.152 e. The maximum absolute atomic E-state index is 11.0. The van der Waals surface area contributed by atoms with Crippen LogP contribution in [0.3, 0.4) is 0 Å². The quantitative estimate of drug-likeness (QED) is 0.612. The Morgan fingerprint density at radius 1 is 1.06 bits per heavy atom. The fourth-order valence-electron chi connectivity index (χ4n) is 2.24. The van der Waals surface area contributed by atoms with Crippen molar-refractivity contribution in [2.75, 3.05) is 0 Å². The van der Waals surface area contributed by atoms with Gasteiger partial charge in [0, 0.05) is 22.0 Å². The van der Waals surface area contributed by atoms with E-state index in [1.54, 1.807) is 0 Å². The van der Waals surface area contributed by atoms with Gasteiger partial charge in [-0.25, -0.2) is 0 Å². The molecule has 0 aliphatic rings. The summed E-state index contributed by atoms with van der Waals surface area (Å²) >= 11 is 0. The summed E-state index contributed by atoms with van der Waals surface area (Å²) in [6.45, 7) is 1.93. The van der Waals surface area contributed by atoms with Gasteiger partial charge in [-0.3, -0.25) is 4.79 Å². The molecule has 2 aromatic carbocycles. The molecule has 1 N–H and O–H groups in total. The number of carbonyl (C=O) groups excluding carboxylic acids is 1. The van der Waals surface area contributed by atoms with E-state index in [4.69, 9.17) is 0 Å². The summed E-state index contributed by atoms with van der Waals surface area (Å²) in [6, 6.07) is 12.2. The van der Waals surface area contributed by atoms with E-state index in [2.05, 4.69) is 23.2 Å². The highest BCUT2D eigenvalue weighted by atomic mass is 16.1. The van der Waals surface area contributed by atoms with E-state index in [9.17, 15) is 4.79 Å². The molecule has 0 radical (unpaired) electrons. The number of fused-ring (bicyclic) bond motifs is 3. The number of hydrogen-bond donors (Lipinski definition) is 1. The van der Waals surface area contributed by atoms with Crippen LogP contribution >= 0.6 is 0 Å². The van der Waals surface area contributed by atoms with Gasteiger partial charge < -0.3 is 4.98 Å². The first kappa shape index (κ1) is 9.16. The number of aldehydes is 1. The highest BCUT2D eigenvalue weighted by Gasteiger charge is 2.09. The zero-order valence-corrected chi connectivity index (χ0v) is 8.95. The number of H-pyrrole nitrogens is 1. The lowest BCUT2D eigenvalue weighted by Crippen LogP contribution is -1.79. The van der Waals surface area contributed by atoms with Crippen LogP contribution in [0.2, 0.25) is 0 Å². The standard InChI is InChI=1S/C14H11NO/c1-9-13(8-16)12-7-6-10-4-2-3-5-11(10)14(12)15-9/h2-8,15H,1H3. The van der Waals surface area contributed by atoms with Crippen molar-refractivity contribution in [1.82, 2.24) is 4.98 Å². The molecule has 0 aliphatic heterocycles. The van der Waals surface area contributed by atoms with Gasteiger partial charge in [-0.2, -0.15) is 0 Å². The minimum Gasteiger partial charge on any atom is -0.358 e. The predicted molar refractivity (Wildman–Crippen MR) is 65.9 cm³/mol. The summed E-state index contributed by atoms with van der Waals surface area (Å²) in [5, 5.41) is 3.36. The lowest BCUT2D eigenvalue weighted by molar-refractivity contribution is 0.112. The van der Waals surface area contributed by atoms with Crippen molar-refractivity contribution in [3.63, 3.8) is 0 Å². The lowest BCUT2D eigenvalue weighted by Gasteiger charge is -1.98. The average Bonchev–Trinajstić information content (AvgIpc) is 2.65. The van der Waals surface area contributed by atoms with E-state index in [1.807, 2.05) is 25.1 Å². The SMILES string of the molecule is Cc1[nH]c2c(ccc3ccccc32)c1C=O. The van der Waals surface area contributed by atoms with E-state index in [-0.39, 0.29) is 0 Å². The number of carbonyl (C=O) groups is 1. The second kappa shape index (κ2) is 3.20. The largest absolute Gasteiger partial charge is 0.358 e. The van der Waals surface area contributed by atoms with Gasteiger partial charge in [0.25, 0.3) is 0 Å². The molecule has 0 aliphatic carbocycles. The van der Waals surface area contributed by atoms with E-state index >= 15 is 0 Å². The van der Waals surface area contributed by atoms with E-state index < -0.39 is 0 Å². The molecule has 0 spiro atoms. The smallest absolute Gasteiger partial charge is 0.152 e. The molecule has 1 aromatic heterocycles. The molecule has 3 aromatic rings. The molecule has 2 heteroatoms. The van der Waals surface area contributed by atoms with Gasteiger partial charge in [0.15, 0.2) is 6.29 Å². The van der Waals surface area contributed by atoms with Crippen LogP contribution in [0.4, 0.5) is 0 Å². The second-order valence-corrected chi connectivity index (χ2v) is 3.99. The molecule has 2 nitrogen and oxygen atoms in total. The number of benzene rings is 2. The number of rotatable bonds is 1. The summed E-state index contributed by atoms with van der Waals surface area (Å²) in [7, 11) is 0. The molecule has 0 saturated carbocycles. The molecule has 0 fully saturated rings. The van der Waals surface area contributed by atoms with Crippen molar-refractivity contribution in [1.29, 1.82) is 0 Å². The summed E-state index contributed by atoms with van der Waals surface area (Å²) in [5.41, 5.74) is 2.75. The van der Waals surface area contributed by atoms with Crippen LogP contribution in [0.5, 0.6) is 0 Å². The molecule has 0 unspecified atom stereocenters. The topological polar surface area (TPSA) is 32.9 Å². The normalized spacial score (nSPS) is 11.1. The lowest BCUT2D eigenvalue weighted by atomic mass is 10.1. The zero-order chi connectivity index (χ0) is 11.1. The third-order valence-electron chi connectivity index (χ3n) is 3.05. The van der Waals surface area contributed by atoms with Gasteiger partial charge in [-0.15, -0.1) is 0 Å². The van der Waals surface area contributed by atoms with Gasteiger partial charge in [0.2, 0.25) is 0 Å². The summed E-state index contributed by atoms with van der Waals surface area (Å²) in [4.78, 5) is 14.3. The minimum atomic E-state index is 0.765. The summed E-state index contributed by atoms with van der Waals surface area (Å²) < 4.78 is 0. The van der Waals surface area contributed by atoms with Crippen LogP contribution in [0.15, 0.2) is 36.4 Å². The van der Waals surface area contributed by atoms with Crippen LogP contribution < -0.4 is 0 Å². The number of hydrogen-bond acceptors (Lipinski definition) is 1. The third-order valence-corrected chi connectivity index (χ3v) is 3.05. The van der Waals surface area contributed by atoms with E-state index in [0.29, 0.717) is 0 Å². The highest BCUT2D eigenvalue weighted by molar-refractivity contribution is 6.11. The fourth-order valence-corrected chi connectivity index (χ4v) is 2.24. The Bertz CT molecular complexity index is 694. The van der Waals surface area contributed by atoms with Crippen molar-refractivity contribution >= 4 is 28.0 Å². The Labute approximate surface area is 92.9 Å². The van der Waals surface area contributed by atoms with Gasteiger partial charge in [-0.1, -0.05) is 36.4 Å². The molecular weight excluding hydrogens is 198 g/mol. The first-order chi connectivity index (χ1) is 7.81. The van der Waals surface area contributed by atoms with E-state index in [1.165, 1.54) is 5.39 Å². The Balaban J connectivity index is 2.57. The van der Waals surface area contributed by atoms with E-state index in [0.717, 1.165) is 33.8 Å². The Kier molecular flexibility index (Phi) is 1.83. The molecule has 0 bridgehead atoms. The molecule has 0 saturated heterocycles. The number of aromatic nitrogens is 1. The van der Waals surface area contributed by atoms with Crippen LogP contribution in [-0.4, -0.2) is 11.3 Å². The number of aryl methyl sites for hydroxylation is 1. The molecule has 0 atom stereocenters. The zero-order valence-electron chi connectivity index (χ0n) is 8.95. The monoisotopic (exact) mass is 209 g/mol. The highest BCUT2D eigenvalue weighted by Crippen LogP contribution is 2.27. The Morgan fingerprint density at radius 3 is 2.69 bits per heavy atom. The molecule has 1 heterocycles. The van der Waals surface area contributed by atoms with Crippen molar-refractivity contribution in [3.05, 3.63) is 47.7 Å². The van der Waals surface area contributed by atoms with Gasteiger partial charge in [0.05, 0.1) is 5.52 Å². The van der Waals surface area contributed by atoms with Crippen molar-refractivity contribution in [2.24, 2.45) is 0 Å². The molecule has 3 rings (SSSR count). The molecular formula is C14H11NO. The first-order valence-corrected chi connectivity index (χ1v) is 5.26. The molecule has 0 amide bonds. The minimum absolute atomic E-state index is 0.765. The summed E-state index contributed by atoms with van der Waals surface area (Å²) in [5.74, 6) is 0. The van der Waals surface area contributed by atoms with Crippen molar-refractivity contribution in [3.8, 4) is 0 Å².